The van der Waals surface area contributed by atoms with Crippen molar-refractivity contribution in [2.24, 2.45) is 0 Å². The number of methoxy groups -OCH3 is 1. The van der Waals surface area contributed by atoms with Crippen LogP contribution in [0.25, 0.3) is 10.9 Å². The van der Waals surface area contributed by atoms with Crippen molar-refractivity contribution in [3.63, 3.8) is 0 Å². The Kier molecular flexibility index (Phi) is 3.28. The average molecular weight is 287 g/mol. The Hall–Kier alpha value is -2.13. The number of hydrogen-bond acceptors (Lipinski definition) is 2. The van der Waals surface area contributed by atoms with Crippen molar-refractivity contribution in [1.29, 1.82) is 0 Å². The highest BCUT2D eigenvalue weighted by Crippen LogP contribution is 2.24. The number of hydrogen-bond donors (Lipinski definition) is 1. The quantitative estimate of drug-likeness (QED) is 0.741. The van der Waals surface area contributed by atoms with Crippen LogP contribution in [0.3, 0.4) is 0 Å². The van der Waals surface area contributed by atoms with Crippen molar-refractivity contribution in [1.82, 2.24) is 4.57 Å². The second-order valence-electron chi connectivity index (χ2n) is 4.71. The first-order chi connectivity index (χ1) is 9.67. The summed E-state index contributed by atoms with van der Waals surface area (Å²) in [6.07, 6.45) is 2.05. The summed E-state index contributed by atoms with van der Waals surface area (Å²) in [4.78, 5) is 0. The Bertz CT molecular complexity index is 764. The molecule has 1 heterocycles. The van der Waals surface area contributed by atoms with E-state index in [9.17, 15) is 0 Å². The van der Waals surface area contributed by atoms with E-state index in [1.165, 1.54) is 0 Å². The van der Waals surface area contributed by atoms with Crippen molar-refractivity contribution in [2.45, 2.75) is 6.54 Å². The average Bonchev–Trinajstić information content (AvgIpc) is 2.84. The summed E-state index contributed by atoms with van der Waals surface area (Å²) < 4.78 is 7.40. The summed E-state index contributed by atoms with van der Waals surface area (Å²) in [7, 11) is 1.67. The molecule has 0 aliphatic carbocycles. The fourth-order valence-corrected chi connectivity index (χ4v) is 2.52. The van der Waals surface area contributed by atoms with Crippen LogP contribution >= 0.6 is 11.6 Å². The number of benzene rings is 2. The van der Waals surface area contributed by atoms with Gasteiger partial charge in [0.25, 0.3) is 0 Å². The van der Waals surface area contributed by atoms with Gasteiger partial charge in [0.05, 0.1) is 7.11 Å². The molecular formula is C16H15ClN2O. The predicted octanol–water partition coefficient (Wildman–Crippen LogP) is 3.93. The number of halogens is 1. The second-order valence-corrected chi connectivity index (χ2v) is 5.15. The third-order valence-corrected chi connectivity index (χ3v) is 3.66. The lowest BCUT2D eigenvalue weighted by Gasteiger charge is -2.09. The zero-order valence-corrected chi connectivity index (χ0v) is 11.9. The summed E-state index contributed by atoms with van der Waals surface area (Å²) in [5.74, 6) is 0.862. The van der Waals surface area contributed by atoms with Crippen LogP contribution < -0.4 is 10.5 Å². The maximum Gasteiger partial charge on any atom is 0.119 e. The minimum Gasteiger partial charge on any atom is -0.497 e. The molecule has 0 amide bonds. The fraction of sp³-hybridized carbons (Fsp3) is 0.125. The van der Waals surface area contributed by atoms with Gasteiger partial charge >= 0.3 is 0 Å². The molecule has 0 aliphatic rings. The normalized spacial score (nSPS) is 10.9. The van der Waals surface area contributed by atoms with Crippen LogP contribution in [0.1, 0.15) is 5.56 Å². The van der Waals surface area contributed by atoms with Crippen LogP contribution in [0.15, 0.2) is 48.7 Å². The topological polar surface area (TPSA) is 40.2 Å². The number of nitrogens with zero attached hydrogens (tertiary/aromatic N) is 1. The number of ether oxygens (including phenoxy) is 1. The van der Waals surface area contributed by atoms with Crippen molar-refractivity contribution in [3.05, 3.63) is 59.2 Å². The number of nitrogens with two attached hydrogens (primary N) is 1. The molecule has 2 aromatic carbocycles. The van der Waals surface area contributed by atoms with Crippen molar-refractivity contribution in [3.8, 4) is 5.75 Å². The van der Waals surface area contributed by atoms with Crippen LogP contribution in [0.5, 0.6) is 5.75 Å². The highest BCUT2D eigenvalue weighted by Gasteiger charge is 2.05. The summed E-state index contributed by atoms with van der Waals surface area (Å²) in [6.45, 7) is 0.721. The largest absolute Gasteiger partial charge is 0.497 e. The van der Waals surface area contributed by atoms with Crippen molar-refractivity contribution < 1.29 is 4.74 Å². The molecule has 0 unspecified atom stereocenters. The summed E-state index contributed by atoms with van der Waals surface area (Å²) in [5.41, 5.74) is 8.94. The van der Waals surface area contributed by atoms with E-state index in [4.69, 9.17) is 22.1 Å². The van der Waals surface area contributed by atoms with Gasteiger partial charge in [-0.2, -0.15) is 0 Å². The molecule has 0 fully saturated rings. The lowest BCUT2D eigenvalue weighted by atomic mass is 10.2. The van der Waals surface area contributed by atoms with E-state index < -0.39 is 0 Å². The first kappa shape index (κ1) is 12.9. The number of aromatic nitrogens is 1. The lowest BCUT2D eigenvalue weighted by molar-refractivity contribution is 0.415. The maximum absolute atomic E-state index is 6.01. The minimum atomic E-state index is 0.661. The fourth-order valence-electron chi connectivity index (χ4n) is 2.34. The molecule has 0 bridgehead atoms. The van der Waals surface area contributed by atoms with Gasteiger partial charge in [0.1, 0.15) is 5.75 Å². The summed E-state index contributed by atoms with van der Waals surface area (Å²) in [6, 6.07) is 13.7. The van der Waals surface area contributed by atoms with Crippen molar-refractivity contribution >= 4 is 28.2 Å². The first-order valence-corrected chi connectivity index (χ1v) is 6.72. The molecule has 4 heteroatoms. The van der Waals surface area contributed by atoms with Gasteiger partial charge in [-0.25, -0.2) is 0 Å². The second kappa shape index (κ2) is 5.10. The predicted molar refractivity (Wildman–Crippen MR) is 83.5 cm³/mol. The molecule has 102 valence electrons. The number of rotatable bonds is 3. The standard InChI is InChI=1S/C16H15ClN2O/c1-20-14-4-5-16-11(8-14)6-7-19(16)10-12-2-3-13(17)9-15(12)18/h2-9H,10,18H2,1H3. The van der Waals surface area contributed by atoms with E-state index in [1.807, 2.05) is 24.3 Å². The molecule has 20 heavy (non-hydrogen) atoms. The molecule has 0 spiro atoms. The minimum absolute atomic E-state index is 0.661. The summed E-state index contributed by atoms with van der Waals surface area (Å²) in [5, 5.41) is 1.81. The molecule has 0 atom stereocenters. The van der Waals surface area contributed by atoms with Gasteiger partial charge in [-0.1, -0.05) is 17.7 Å². The lowest BCUT2D eigenvalue weighted by Crippen LogP contribution is -2.01. The van der Waals surface area contributed by atoms with Crippen LogP contribution in [-0.2, 0) is 6.54 Å². The van der Waals surface area contributed by atoms with E-state index in [-0.39, 0.29) is 0 Å². The molecule has 0 aliphatic heterocycles. The van der Waals surface area contributed by atoms with Gasteiger partial charge in [-0.3, -0.25) is 0 Å². The van der Waals surface area contributed by atoms with E-state index in [2.05, 4.69) is 22.9 Å². The van der Waals surface area contributed by atoms with Gasteiger partial charge in [0, 0.05) is 34.4 Å². The Morgan fingerprint density at radius 2 is 2.00 bits per heavy atom. The number of nitrogen functional groups attached to an aromatic ring is 1. The third kappa shape index (κ3) is 2.32. The van der Waals surface area contributed by atoms with Crippen LogP contribution in [0.4, 0.5) is 5.69 Å². The molecule has 0 radical (unpaired) electrons. The van der Waals surface area contributed by atoms with E-state index in [0.717, 1.165) is 28.8 Å². The molecule has 1 aromatic heterocycles. The van der Waals surface area contributed by atoms with E-state index in [0.29, 0.717) is 10.7 Å². The highest BCUT2D eigenvalue weighted by atomic mass is 35.5. The van der Waals surface area contributed by atoms with Gasteiger partial charge in [0.15, 0.2) is 0 Å². The molecule has 0 saturated carbocycles. The zero-order valence-electron chi connectivity index (χ0n) is 11.1. The first-order valence-electron chi connectivity index (χ1n) is 6.34. The molecular weight excluding hydrogens is 272 g/mol. The van der Waals surface area contributed by atoms with E-state index in [1.54, 1.807) is 13.2 Å². The van der Waals surface area contributed by atoms with Gasteiger partial charge in [-0.05, 0) is 42.0 Å². The monoisotopic (exact) mass is 286 g/mol. The SMILES string of the molecule is COc1ccc2c(ccn2Cc2ccc(Cl)cc2N)c1. The number of anilines is 1. The Labute approximate surface area is 122 Å². The van der Waals surface area contributed by atoms with E-state index >= 15 is 0 Å². The Morgan fingerprint density at radius 3 is 2.75 bits per heavy atom. The smallest absolute Gasteiger partial charge is 0.119 e. The van der Waals surface area contributed by atoms with Crippen LogP contribution in [0.2, 0.25) is 5.02 Å². The highest BCUT2D eigenvalue weighted by molar-refractivity contribution is 6.30. The van der Waals surface area contributed by atoms with Crippen LogP contribution in [0, 0.1) is 0 Å². The maximum atomic E-state index is 6.01. The number of fused-ring (bicyclic) bond motifs is 1. The molecule has 3 rings (SSSR count). The third-order valence-electron chi connectivity index (χ3n) is 3.43. The van der Waals surface area contributed by atoms with Gasteiger partial charge < -0.3 is 15.0 Å². The van der Waals surface area contributed by atoms with Crippen molar-refractivity contribution in [2.75, 3.05) is 12.8 Å². The van der Waals surface area contributed by atoms with Gasteiger partial charge in [-0.15, -0.1) is 0 Å². The summed E-state index contributed by atoms with van der Waals surface area (Å²) >= 11 is 5.93. The Balaban J connectivity index is 1.98. The molecule has 3 nitrogen and oxygen atoms in total. The Morgan fingerprint density at radius 1 is 1.15 bits per heavy atom. The van der Waals surface area contributed by atoms with Gasteiger partial charge in [0.2, 0.25) is 0 Å². The zero-order chi connectivity index (χ0) is 14.1. The molecule has 2 N–H and O–H groups in total. The molecule has 0 saturated heterocycles. The molecule has 3 aromatic rings. The van der Waals surface area contributed by atoms with Crippen LogP contribution in [-0.4, -0.2) is 11.7 Å².